The van der Waals surface area contributed by atoms with E-state index >= 15 is 0 Å². The van der Waals surface area contributed by atoms with Gasteiger partial charge in [-0.1, -0.05) is 18.2 Å². The number of halogens is 3. The van der Waals surface area contributed by atoms with E-state index in [0.717, 1.165) is 49.2 Å². The summed E-state index contributed by atoms with van der Waals surface area (Å²) in [6.45, 7) is 2.01. The van der Waals surface area contributed by atoms with Gasteiger partial charge in [0.2, 0.25) is 11.8 Å². The minimum absolute atomic E-state index is 0.0232. The maximum Gasteiger partial charge on any atom is 0.416 e. The molecule has 2 aromatic carbocycles. The molecule has 1 aliphatic heterocycles. The van der Waals surface area contributed by atoms with Crippen molar-refractivity contribution in [1.29, 1.82) is 0 Å². The predicted molar refractivity (Wildman–Crippen MR) is 125 cm³/mol. The summed E-state index contributed by atoms with van der Waals surface area (Å²) in [5.74, 6) is 2.63. The highest BCUT2D eigenvalue weighted by Crippen LogP contribution is 2.32. The van der Waals surface area contributed by atoms with Crippen LogP contribution in [0.2, 0.25) is 0 Å². The second kappa shape index (κ2) is 9.73. The Balaban J connectivity index is 1.26. The van der Waals surface area contributed by atoms with E-state index in [4.69, 9.17) is 9.15 Å². The molecule has 188 valence electrons. The molecule has 3 heterocycles. The molecule has 36 heavy (non-hydrogen) atoms. The van der Waals surface area contributed by atoms with Crippen LogP contribution in [0.1, 0.15) is 36.0 Å². The average molecular weight is 499 g/mol. The van der Waals surface area contributed by atoms with Crippen LogP contribution in [-0.2, 0) is 19.8 Å². The number of likely N-dealkylation sites (tertiary alicyclic amines) is 1. The zero-order valence-corrected chi connectivity index (χ0v) is 19.9. The Hall–Kier alpha value is -3.73. The van der Waals surface area contributed by atoms with E-state index in [1.807, 2.05) is 24.3 Å². The first-order valence-corrected chi connectivity index (χ1v) is 11.6. The van der Waals surface area contributed by atoms with E-state index in [1.165, 1.54) is 12.1 Å². The molecule has 5 rings (SSSR count). The Morgan fingerprint density at radius 2 is 1.67 bits per heavy atom. The smallest absolute Gasteiger partial charge is 0.416 e. The number of hydrogen-bond donors (Lipinski definition) is 0. The largest absolute Gasteiger partial charge is 0.486 e. The molecule has 0 atom stereocenters. The van der Waals surface area contributed by atoms with Gasteiger partial charge in [-0.25, -0.2) is 0 Å². The average Bonchev–Trinajstić information content (AvgIpc) is 3.50. The standard InChI is InChI=1S/C25H25F3N6O2/c1-33-12-10-18(11-13-33)24-32-31-23(36-24)17-8-6-16(7-9-17)22-30-29-21(34(22)2)15-35-20-5-3-4-19(14-20)25(26,27)28/h3-9,14,18H,10-13,15H2,1-2H3. The van der Waals surface area contributed by atoms with Gasteiger partial charge in [0.15, 0.2) is 11.6 Å². The van der Waals surface area contributed by atoms with Gasteiger partial charge in [-0.2, -0.15) is 13.2 Å². The van der Waals surface area contributed by atoms with Crippen molar-refractivity contribution in [2.45, 2.75) is 31.5 Å². The number of benzene rings is 2. The summed E-state index contributed by atoms with van der Waals surface area (Å²) in [5.41, 5.74) is 0.855. The normalized spacial score (nSPS) is 15.4. The van der Waals surface area contributed by atoms with Gasteiger partial charge in [0.25, 0.3) is 0 Å². The number of hydrogen-bond acceptors (Lipinski definition) is 7. The van der Waals surface area contributed by atoms with Crippen molar-refractivity contribution in [3.8, 4) is 28.6 Å². The molecule has 0 saturated carbocycles. The molecule has 11 heteroatoms. The zero-order chi connectivity index (χ0) is 25.3. The lowest BCUT2D eigenvalue weighted by atomic mass is 9.97. The van der Waals surface area contributed by atoms with Crippen molar-refractivity contribution in [1.82, 2.24) is 29.9 Å². The Labute approximate surface area is 205 Å². The molecule has 8 nitrogen and oxygen atoms in total. The van der Waals surface area contributed by atoms with Crippen LogP contribution in [0, 0.1) is 0 Å². The van der Waals surface area contributed by atoms with Crippen molar-refractivity contribution in [2.24, 2.45) is 7.05 Å². The molecule has 1 fully saturated rings. The minimum Gasteiger partial charge on any atom is -0.486 e. The van der Waals surface area contributed by atoms with E-state index in [9.17, 15) is 13.2 Å². The summed E-state index contributed by atoms with van der Waals surface area (Å²) in [5, 5.41) is 16.9. The maximum absolute atomic E-state index is 12.9. The maximum atomic E-state index is 12.9. The van der Waals surface area contributed by atoms with Crippen LogP contribution >= 0.6 is 0 Å². The van der Waals surface area contributed by atoms with Gasteiger partial charge in [0.1, 0.15) is 12.4 Å². The first kappa shape index (κ1) is 24.0. The highest BCUT2D eigenvalue weighted by atomic mass is 19.4. The van der Waals surface area contributed by atoms with Gasteiger partial charge in [-0.05, 0) is 63.3 Å². The van der Waals surface area contributed by atoms with Crippen molar-refractivity contribution in [3.63, 3.8) is 0 Å². The van der Waals surface area contributed by atoms with Crippen molar-refractivity contribution in [3.05, 3.63) is 65.8 Å². The Morgan fingerprint density at radius 3 is 2.39 bits per heavy atom. The molecule has 2 aromatic heterocycles. The van der Waals surface area contributed by atoms with E-state index < -0.39 is 11.7 Å². The molecule has 0 spiro atoms. The summed E-state index contributed by atoms with van der Waals surface area (Å²) in [6.07, 6.45) is -2.43. The van der Waals surface area contributed by atoms with E-state index in [1.54, 1.807) is 11.6 Å². The van der Waals surface area contributed by atoms with E-state index in [2.05, 4.69) is 32.3 Å². The monoisotopic (exact) mass is 498 g/mol. The highest BCUT2D eigenvalue weighted by molar-refractivity contribution is 5.62. The molecule has 0 N–H and O–H groups in total. The number of alkyl halides is 3. The molecule has 0 aliphatic carbocycles. The van der Waals surface area contributed by atoms with Crippen LogP contribution in [0.5, 0.6) is 5.75 Å². The van der Waals surface area contributed by atoms with Crippen LogP contribution in [-0.4, -0.2) is 50.0 Å². The number of ether oxygens (including phenoxy) is 1. The fraction of sp³-hybridized carbons (Fsp3) is 0.360. The van der Waals surface area contributed by atoms with Gasteiger partial charge in [0, 0.05) is 24.1 Å². The SMILES string of the molecule is CN1CCC(c2nnc(-c3ccc(-c4nnc(COc5cccc(C(F)(F)F)c5)n4C)cc3)o2)CC1. The number of nitrogens with zero attached hydrogens (tertiary/aromatic N) is 6. The molecule has 0 unspecified atom stereocenters. The van der Waals surface area contributed by atoms with Gasteiger partial charge < -0.3 is 18.6 Å². The lowest BCUT2D eigenvalue weighted by Gasteiger charge is -2.26. The van der Waals surface area contributed by atoms with Gasteiger partial charge in [-0.15, -0.1) is 20.4 Å². The summed E-state index contributed by atoms with van der Waals surface area (Å²) >= 11 is 0. The summed E-state index contributed by atoms with van der Waals surface area (Å²) in [6, 6.07) is 12.3. The Kier molecular flexibility index (Phi) is 6.48. The van der Waals surface area contributed by atoms with Crippen molar-refractivity contribution < 1.29 is 22.3 Å². The van der Waals surface area contributed by atoms with E-state index in [-0.39, 0.29) is 18.3 Å². The number of aromatic nitrogens is 5. The molecule has 1 saturated heterocycles. The van der Waals surface area contributed by atoms with Crippen molar-refractivity contribution >= 4 is 0 Å². The van der Waals surface area contributed by atoms with Crippen molar-refractivity contribution in [2.75, 3.05) is 20.1 Å². The number of piperidine rings is 1. The summed E-state index contributed by atoms with van der Waals surface area (Å²) < 4.78 is 52.0. The molecule has 1 aliphatic rings. The first-order valence-electron chi connectivity index (χ1n) is 11.6. The highest BCUT2D eigenvalue weighted by Gasteiger charge is 2.30. The van der Waals surface area contributed by atoms with Crippen LogP contribution in [0.15, 0.2) is 52.9 Å². The van der Waals surface area contributed by atoms with Crippen LogP contribution in [0.3, 0.4) is 0 Å². The van der Waals surface area contributed by atoms with E-state index in [0.29, 0.717) is 23.4 Å². The zero-order valence-electron chi connectivity index (χ0n) is 19.9. The lowest BCUT2D eigenvalue weighted by Crippen LogP contribution is -2.29. The Bertz CT molecular complexity index is 1320. The molecular weight excluding hydrogens is 473 g/mol. The summed E-state index contributed by atoms with van der Waals surface area (Å²) in [4.78, 5) is 2.29. The summed E-state index contributed by atoms with van der Waals surface area (Å²) in [7, 11) is 3.89. The lowest BCUT2D eigenvalue weighted by molar-refractivity contribution is -0.137. The topological polar surface area (TPSA) is 82.1 Å². The molecule has 0 radical (unpaired) electrons. The predicted octanol–water partition coefficient (Wildman–Crippen LogP) is 4.94. The molecule has 0 amide bonds. The first-order chi connectivity index (χ1) is 17.3. The third-order valence-corrected chi connectivity index (χ3v) is 6.39. The molecular formula is C25H25F3N6O2. The molecule has 4 aromatic rings. The van der Waals surface area contributed by atoms with Gasteiger partial charge >= 0.3 is 6.18 Å². The van der Waals surface area contributed by atoms with Gasteiger partial charge in [0.05, 0.1) is 5.56 Å². The van der Waals surface area contributed by atoms with Gasteiger partial charge in [-0.3, -0.25) is 0 Å². The fourth-order valence-electron chi connectivity index (χ4n) is 4.18. The second-order valence-electron chi connectivity index (χ2n) is 8.91. The Morgan fingerprint density at radius 1 is 0.944 bits per heavy atom. The fourth-order valence-corrected chi connectivity index (χ4v) is 4.18. The third-order valence-electron chi connectivity index (χ3n) is 6.39. The number of rotatable bonds is 6. The third kappa shape index (κ3) is 5.11. The minimum atomic E-state index is -4.43. The van der Waals surface area contributed by atoms with Crippen LogP contribution < -0.4 is 4.74 Å². The molecule has 0 bridgehead atoms. The quantitative estimate of drug-likeness (QED) is 0.372. The van der Waals surface area contributed by atoms with Crippen LogP contribution in [0.25, 0.3) is 22.8 Å². The van der Waals surface area contributed by atoms with Crippen LogP contribution in [0.4, 0.5) is 13.2 Å². The second-order valence-corrected chi connectivity index (χ2v) is 8.91.